The van der Waals surface area contributed by atoms with Gasteiger partial charge in [0.25, 0.3) is 0 Å². The van der Waals surface area contributed by atoms with Crippen molar-refractivity contribution in [3.8, 4) is 0 Å². The molecule has 4 saturated carbocycles. The molecule has 4 aliphatic carbocycles. The molecule has 4 fully saturated rings. The Bertz CT molecular complexity index is 561. The summed E-state index contributed by atoms with van der Waals surface area (Å²) in [6.45, 7) is 12.3. The summed E-state index contributed by atoms with van der Waals surface area (Å²) in [6.07, 6.45) is 11.9. The third-order valence-electron chi connectivity index (χ3n) is 10.9. The van der Waals surface area contributed by atoms with Gasteiger partial charge in [-0.3, -0.25) is 0 Å². The molecule has 0 radical (unpaired) electrons. The van der Waals surface area contributed by atoms with E-state index >= 15 is 0 Å². The second-order valence-corrected chi connectivity index (χ2v) is 11.9. The summed E-state index contributed by atoms with van der Waals surface area (Å²) in [5.74, 6) is 4.45. The van der Waals surface area contributed by atoms with Crippen LogP contribution in [0.15, 0.2) is 0 Å². The number of hydrogen-bond donors (Lipinski definition) is 2. The van der Waals surface area contributed by atoms with Crippen LogP contribution in [0.5, 0.6) is 0 Å². The molecular formula is C26H46O2. The molecule has 0 aromatic carbocycles. The molecule has 0 heterocycles. The van der Waals surface area contributed by atoms with Crippen molar-refractivity contribution in [1.29, 1.82) is 0 Å². The number of hydrogen-bond acceptors (Lipinski definition) is 2. The molecule has 0 aliphatic heterocycles. The van der Waals surface area contributed by atoms with E-state index < -0.39 is 0 Å². The van der Waals surface area contributed by atoms with Crippen LogP contribution in [0.4, 0.5) is 0 Å². The second-order valence-electron chi connectivity index (χ2n) is 11.9. The van der Waals surface area contributed by atoms with E-state index in [1.165, 1.54) is 44.9 Å². The summed E-state index contributed by atoms with van der Waals surface area (Å²) in [5, 5.41) is 22.1. The van der Waals surface area contributed by atoms with Gasteiger partial charge < -0.3 is 10.2 Å². The van der Waals surface area contributed by atoms with Crippen molar-refractivity contribution in [2.45, 2.75) is 111 Å². The molecule has 2 unspecified atom stereocenters. The third-order valence-corrected chi connectivity index (χ3v) is 10.9. The predicted octanol–water partition coefficient (Wildman–Crippen LogP) is 6.05. The van der Waals surface area contributed by atoms with Crippen molar-refractivity contribution in [2.24, 2.45) is 52.3 Å². The van der Waals surface area contributed by atoms with E-state index in [0.717, 1.165) is 31.1 Å². The molecule has 4 rings (SSSR count). The zero-order valence-electron chi connectivity index (χ0n) is 19.2. The second kappa shape index (κ2) is 7.56. The molecule has 0 saturated heterocycles. The predicted molar refractivity (Wildman–Crippen MR) is 116 cm³/mol. The first-order chi connectivity index (χ1) is 13.3. The van der Waals surface area contributed by atoms with Crippen molar-refractivity contribution < 1.29 is 10.2 Å². The van der Waals surface area contributed by atoms with Gasteiger partial charge in [0.1, 0.15) is 0 Å². The van der Waals surface area contributed by atoms with Gasteiger partial charge in [0, 0.05) is 0 Å². The molecule has 2 N–H and O–H groups in total. The fraction of sp³-hybridized carbons (Fsp3) is 1.00. The maximum Gasteiger partial charge on any atom is 0.0605 e. The number of aliphatic hydroxyl groups excluding tert-OH is 2. The molecule has 0 spiro atoms. The molecule has 0 aromatic rings. The smallest absolute Gasteiger partial charge is 0.0605 e. The summed E-state index contributed by atoms with van der Waals surface area (Å²) in [7, 11) is 0. The molecular weight excluding hydrogens is 344 g/mol. The van der Waals surface area contributed by atoms with Crippen LogP contribution in [0, 0.1) is 52.3 Å². The van der Waals surface area contributed by atoms with Crippen LogP contribution in [-0.4, -0.2) is 22.4 Å². The molecule has 28 heavy (non-hydrogen) atoms. The lowest BCUT2D eigenvalue weighted by molar-refractivity contribution is -0.203. The standard InChI is InChI=1S/C26H46O2/c1-6-8-16(3)19-9-10-20-23-21(12-14-25(19,20)4)26(5)13-11-17(27)15-22(26)18(7-2)24(23)28/h16-24,27-28H,6-15H2,1-5H3/t16?,17?,18-,19-,20+,21+,22+,23+,24-,25-,26-/m1/s1. The topological polar surface area (TPSA) is 40.5 Å². The largest absolute Gasteiger partial charge is 0.393 e. The van der Waals surface area contributed by atoms with Gasteiger partial charge in [0.15, 0.2) is 0 Å². The molecule has 0 amide bonds. The van der Waals surface area contributed by atoms with Crippen LogP contribution in [-0.2, 0) is 0 Å². The number of rotatable bonds is 4. The molecule has 4 aliphatic rings. The quantitative estimate of drug-likeness (QED) is 0.613. The SMILES string of the molecule is CCCC(C)[C@H]1CC[C@H]2[C@@H]3[C@H](O)[C@H](CC)[C@@H]4CC(O)CC[C@]4(C)[C@H]3CC[C@]12C. The minimum Gasteiger partial charge on any atom is -0.393 e. The molecule has 2 nitrogen and oxygen atoms in total. The maximum atomic E-state index is 11.7. The Kier molecular flexibility index (Phi) is 5.71. The van der Waals surface area contributed by atoms with Gasteiger partial charge in [-0.25, -0.2) is 0 Å². The highest BCUT2D eigenvalue weighted by atomic mass is 16.3. The molecule has 0 aromatic heterocycles. The zero-order valence-corrected chi connectivity index (χ0v) is 19.2. The van der Waals surface area contributed by atoms with Crippen molar-refractivity contribution >= 4 is 0 Å². The van der Waals surface area contributed by atoms with E-state index in [2.05, 4.69) is 34.6 Å². The van der Waals surface area contributed by atoms with Crippen LogP contribution >= 0.6 is 0 Å². The van der Waals surface area contributed by atoms with E-state index in [1.807, 2.05) is 0 Å². The van der Waals surface area contributed by atoms with Gasteiger partial charge >= 0.3 is 0 Å². The highest BCUT2D eigenvalue weighted by Gasteiger charge is 2.64. The van der Waals surface area contributed by atoms with Gasteiger partial charge in [-0.15, -0.1) is 0 Å². The van der Waals surface area contributed by atoms with Gasteiger partial charge in [-0.1, -0.05) is 53.9 Å². The summed E-state index contributed by atoms with van der Waals surface area (Å²) < 4.78 is 0. The average Bonchev–Trinajstić information content (AvgIpc) is 3.01. The van der Waals surface area contributed by atoms with Gasteiger partial charge in [-0.2, -0.15) is 0 Å². The lowest BCUT2D eigenvalue weighted by atomic mass is 9.41. The van der Waals surface area contributed by atoms with Gasteiger partial charge in [0.05, 0.1) is 12.2 Å². The van der Waals surface area contributed by atoms with E-state index in [9.17, 15) is 10.2 Å². The highest BCUT2D eigenvalue weighted by Crippen LogP contribution is 2.69. The average molecular weight is 391 g/mol. The number of aliphatic hydroxyl groups is 2. The summed E-state index contributed by atoms with van der Waals surface area (Å²) in [6, 6.07) is 0. The summed E-state index contributed by atoms with van der Waals surface area (Å²) >= 11 is 0. The number of fused-ring (bicyclic) bond motifs is 5. The Labute approximate surface area is 173 Å². The molecule has 162 valence electrons. The van der Waals surface area contributed by atoms with E-state index in [-0.39, 0.29) is 12.2 Å². The Morgan fingerprint density at radius 3 is 2.25 bits per heavy atom. The lowest BCUT2D eigenvalue weighted by Gasteiger charge is -2.64. The minimum atomic E-state index is -0.150. The van der Waals surface area contributed by atoms with Crippen LogP contribution in [0.25, 0.3) is 0 Å². The normalized spacial score (nSPS) is 54.5. The van der Waals surface area contributed by atoms with Crippen molar-refractivity contribution in [2.75, 3.05) is 0 Å². The van der Waals surface area contributed by atoms with Crippen molar-refractivity contribution in [3.63, 3.8) is 0 Å². The van der Waals surface area contributed by atoms with Crippen LogP contribution in [0.2, 0.25) is 0 Å². The summed E-state index contributed by atoms with van der Waals surface area (Å²) in [4.78, 5) is 0. The van der Waals surface area contributed by atoms with Crippen molar-refractivity contribution in [3.05, 3.63) is 0 Å². The highest BCUT2D eigenvalue weighted by molar-refractivity contribution is 5.13. The molecule has 2 heteroatoms. The summed E-state index contributed by atoms with van der Waals surface area (Å²) in [5.41, 5.74) is 0.769. The Balaban J connectivity index is 1.67. The third kappa shape index (κ3) is 2.95. The van der Waals surface area contributed by atoms with Crippen LogP contribution < -0.4 is 0 Å². The van der Waals surface area contributed by atoms with E-state index in [1.54, 1.807) is 0 Å². The molecule has 11 atom stereocenters. The monoisotopic (exact) mass is 390 g/mol. The lowest BCUT2D eigenvalue weighted by Crippen LogP contribution is -2.62. The van der Waals surface area contributed by atoms with Crippen LogP contribution in [0.1, 0.15) is 98.8 Å². The Hall–Kier alpha value is -0.0800. The molecule has 0 bridgehead atoms. The first kappa shape index (κ1) is 21.2. The first-order valence-electron chi connectivity index (χ1n) is 12.6. The zero-order chi connectivity index (χ0) is 20.3. The Morgan fingerprint density at radius 2 is 1.57 bits per heavy atom. The van der Waals surface area contributed by atoms with Crippen LogP contribution in [0.3, 0.4) is 0 Å². The van der Waals surface area contributed by atoms with Gasteiger partial charge in [0.2, 0.25) is 0 Å². The fourth-order valence-corrected chi connectivity index (χ4v) is 9.59. The minimum absolute atomic E-state index is 0.143. The van der Waals surface area contributed by atoms with E-state index in [0.29, 0.717) is 40.4 Å². The first-order valence-corrected chi connectivity index (χ1v) is 12.6. The Morgan fingerprint density at radius 1 is 0.893 bits per heavy atom. The van der Waals surface area contributed by atoms with Gasteiger partial charge in [-0.05, 0) is 97.2 Å². The van der Waals surface area contributed by atoms with E-state index in [4.69, 9.17) is 0 Å². The maximum absolute atomic E-state index is 11.7. The van der Waals surface area contributed by atoms with Crippen molar-refractivity contribution in [1.82, 2.24) is 0 Å². The fourth-order valence-electron chi connectivity index (χ4n) is 9.59.